The average molecular weight is 534 g/mol. The minimum atomic E-state index is -0.530. The van der Waals surface area contributed by atoms with E-state index in [0.717, 1.165) is 16.8 Å². The number of hydrogen-bond donors (Lipinski definition) is 2. The van der Waals surface area contributed by atoms with Crippen LogP contribution in [0.3, 0.4) is 0 Å². The van der Waals surface area contributed by atoms with Crippen LogP contribution in [0.4, 0.5) is 11.4 Å². The number of nitrogens with zero attached hydrogens (tertiary/aromatic N) is 1. The molecule has 2 N–H and O–H groups in total. The van der Waals surface area contributed by atoms with E-state index in [2.05, 4.69) is 26.6 Å². The third-order valence-electron chi connectivity index (χ3n) is 5.22. The summed E-state index contributed by atoms with van der Waals surface area (Å²) in [5, 5.41) is 15.0. The Kier molecular flexibility index (Phi) is 8.65. The van der Waals surface area contributed by atoms with E-state index in [4.69, 9.17) is 9.47 Å². The fourth-order valence-corrected chi connectivity index (χ4v) is 3.64. The predicted molar refractivity (Wildman–Crippen MR) is 139 cm³/mol. The van der Waals surface area contributed by atoms with Crippen molar-refractivity contribution in [2.75, 3.05) is 24.4 Å². The van der Waals surface area contributed by atoms with Crippen LogP contribution in [-0.2, 0) is 9.59 Å². The Balaban J connectivity index is 1.63. The third kappa shape index (κ3) is 6.95. The largest absolute Gasteiger partial charge is 0.497 e. The number of amides is 2. The maximum atomic E-state index is 12.5. The van der Waals surface area contributed by atoms with Crippen molar-refractivity contribution >= 4 is 45.2 Å². The molecule has 3 aromatic carbocycles. The number of carbonyl (C=O) groups is 2. The number of benzene rings is 3. The topological polar surface area (TPSA) is 100 Å². The van der Waals surface area contributed by atoms with Crippen molar-refractivity contribution in [3.8, 4) is 17.6 Å². The van der Waals surface area contributed by atoms with Gasteiger partial charge >= 0.3 is 0 Å². The zero-order valence-corrected chi connectivity index (χ0v) is 21.1. The zero-order valence-electron chi connectivity index (χ0n) is 19.5. The molecule has 0 fully saturated rings. The van der Waals surface area contributed by atoms with Crippen LogP contribution in [0.15, 0.2) is 70.7 Å². The molecule has 0 saturated heterocycles. The van der Waals surface area contributed by atoms with Crippen molar-refractivity contribution < 1.29 is 19.1 Å². The lowest BCUT2D eigenvalue weighted by atomic mass is 10.1. The molecule has 0 spiro atoms. The van der Waals surface area contributed by atoms with Crippen molar-refractivity contribution in [2.45, 2.75) is 13.8 Å². The van der Waals surface area contributed by atoms with Crippen LogP contribution in [0.1, 0.15) is 16.7 Å². The van der Waals surface area contributed by atoms with Crippen molar-refractivity contribution in [3.05, 3.63) is 87.4 Å². The van der Waals surface area contributed by atoms with Crippen LogP contribution in [-0.4, -0.2) is 25.5 Å². The molecular weight excluding hydrogens is 510 g/mol. The molecule has 0 aromatic heterocycles. The van der Waals surface area contributed by atoms with E-state index < -0.39 is 5.91 Å². The third-order valence-corrected chi connectivity index (χ3v) is 5.84. The molecule has 0 heterocycles. The smallest absolute Gasteiger partial charge is 0.266 e. The second kappa shape index (κ2) is 11.9. The lowest BCUT2D eigenvalue weighted by molar-refractivity contribution is -0.118. The second-order valence-corrected chi connectivity index (χ2v) is 8.48. The van der Waals surface area contributed by atoms with E-state index >= 15 is 0 Å². The standard InChI is InChI=1S/C27H24BrN3O4/c1-17-5-4-6-24(18(17)2)31-26(32)16-35-25-12-7-19(14-23(25)28)13-20(15-29)27(33)30-21-8-10-22(34-3)11-9-21/h4-14H,16H2,1-3H3,(H,30,33)(H,31,32)/b20-13-. The lowest BCUT2D eigenvalue weighted by Gasteiger charge is -2.12. The van der Waals surface area contributed by atoms with Crippen molar-refractivity contribution in [3.63, 3.8) is 0 Å². The van der Waals surface area contributed by atoms with Gasteiger partial charge in [-0.1, -0.05) is 18.2 Å². The van der Waals surface area contributed by atoms with E-state index in [9.17, 15) is 14.9 Å². The van der Waals surface area contributed by atoms with Gasteiger partial charge in [-0.3, -0.25) is 9.59 Å². The molecule has 0 aliphatic heterocycles. The highest BCUT2D eigenvalue weighted by atomic mass is 79.9. The summed E-state index contributed by atoms with van der Waals surface area (Å²) >= 11 is 3.42. The van der Waals surface area contributed by atoms with Crippen LogP contribution in [0.2, 0.25) is 0 Å². The van der Waals surface area contributed by atoms with Gasteiger partial charge in [0.05, 0.1) is 11.6 Å². The zero-order chi connectivity index (χ0) is 25.4. The monoisotopic (exact) mass is 533 g/mol. The van der Waals surface area contributed by atoms with E-state index in [1.165, 1.54) is 6.08 Å². The van der Waals surface area contributed by atoms with Gasteiger partial charge in [0.1, 0.15) is 23.1 Å². The van der Waals surface area contributed by atoms with Crippen LogP contribution in [0.5, 0.6) is 11.5 Å². The Labute approximate surface area is 212 Å². The molecule has 0 bridgehead atoms. The van der Waals surface area contributed by atoms with Gasteiger partial charge in [-0.25, -0.2) is 0 Å². The molecule has 3 rings (SSSR count). The first-order valence-electron chi connectivity index (χ1n) is 10.7. The Hall–Kier alpha value is -4.09. The summed E-state index contributed by atoms with van der Waals surface area (Å²) in [5.41, 5.74) is 3.93. The molecule has 0 unspecified atom stereocenters. The minimum absolute atomic E-state index is 0.0608. The highest BCUT2D eigenvalue weighted by Crippen LogP contribution is 2.27. The number of rotatable bonds is 8. The molecule has 178 valence electrons. The SMILES string of the molecule is COc1ccc(NC(=O)/C(C#N)=C\c2ccc(OCC(=O)Nc3cccc(C)c3C)c(Br)c2)cc1. The number of nitrogens with one attached hydrogen (secondary N) is 2. The maximum Gasteiger partial charge on any atom is 0.266 e. The van der Waals surface area contributed by atoms with E-state index in [1.54, 1.807) is 49.6 Å². The van der Waals surface area contributed by atoms with Gasteiger partial charge in [0.15, 0.2) is 6.61 Å². The number of anilines is 2. The Morgan fingerprint density at radius 2 is 1.80 bits per heavy atom. The highest BCUT2D eigenvalue weighted by Gasteiger charge is 2.12. The van der Waals surface area contributed by atoms with Gasteiger partial charge in [0.2, 0.25) is 0 Å². The van der Waals surface area contributed by atoms with Gasteiger partial charge < -0.3 is 20.1 Å². The minimum Gasteiger partial charge on any atom is -0.497 e. The molecule has 3 aromatic rings. The predicted octanol–water partition coefficient (Wildman–Crippen LogP) is 5.64. The van der Waals surface area contributed by atoms with Gasteiger partial charge in [0.25, 0.3) is 11.8 Å². The molecule has 2 amide bonds. The molecule has 8 heteroatoms. The normalized spacial score (nSPS) is 10.8. The average Bonchev–Trinajstić information content (AvgIpc) is 2.85. The van der Waals surface area contributed by atoms with Crippen LogP contribution < -0.4 is 20.1 Å². The number of carbonyl (C=O) groups excluding carboxylic acids is 2. The maximum absolute atomic E-state index is 12.5. The van der Waals surface area contributed by atoms with Gasteiger partial charge in [-0.05, 0) is 95.0 Å². The molecule has 7 nitrogen and oxygen atoms in total. The second-order valence-electron chi connectivity index (χ2n) is 7.63. The van der Waals surface area contributed by atoms with Gasteiger partial charge in [0, 0.05) is 11.4 Å². The van der Waals surface area contributed by atoms with E-state index in [0.29, 0.717) is 27.2 Å². The molecule has 0 radical (unpaired) electrons. The summed E-state index contributed by atoms with van der Waals surface area (Å²) < 4.78 is 11.3. The first kappa shape index (κ1) is 25.5. The number of hydrogen-bond acceptors (Lipinski definition) is 5. The van der Waals surface area contributed by atoms with E-state index in [1.807, 2.05) is 38.1 Å². The van der Waals surface area contributed by atoms with Crippen LogP contribution >= 0.6 is 15.9 Å². The van der Waals surface area contributed by atoms with Gasteiger partial charge in [-0.2, -0.15) is 5.26 Å². The molecule has 0 saturated carbocycles. The molecule has 35 heavy (non-hydrogen) atoms. The first-order valence-corrected chi connectivity index (χ1v) is 11.5. The summed E-state index contributed by atoms with van der Waals surface area (Å²) in [4.78, 5) is 24.8. The molecular formula is C27H24BrN3O4. The Morgan fingerprint density at radius 1 is 1.06 bits per heavy atom. The summed E-state index contributed by atoms with van der Waals surface area (Å²) in [6, 6.07) is 19.5. The number of ether oxygens (including phenoxy) is 2. The number of aryl methyl sites for hydroxylation is 1. The van der Waals surface area contributed by atoms with Crippen LogP contribution in [0.25, 0.3) is 6.08 Å². The first-order chi connectivity index (χ1) is 16.8. The lowest BCUT2D eigenvalue weighted by Crippen LogP contribution is -2.20. The summed E-state index contributed by atoms with van der Waals surface area (Å²) in [7, 11) is 1.56. The quantitative estimate of drug-likeness (QED) is 0.288. The van der Waals surface area contributed by atoms with Crippen molar-refractivity contribution in [1.29, 1.82) is 5.26 Å². The van der Waals surface area contributed by atoms with E-state index in [-0.39, 0.29) is 18.1 Å². The number of methoxy groups -OCH3 is 1. The molecule has 0 aliphatic rings. The molecule has 0 aliphatic carbocycles. The summed E-state index contributed by atoms with van der Waals surface area (Å²) in [5.74, 6) is 0.308. The highest BCUT2D eigenvalue weighted by molar-refractivity contribution is 9.10. The number of halogens is 1. The summed E-state index contributed by atoms with van der Waals surface area (Å²) in [6.45, 7) is 3.76. The fourth-order valence-electron chi connectivity index (χ4n) is 3.13. The van der Waals surface area contributed by atoms with Crippen molar-refractivity contribution in [2.24, 2.45) is 0 Å². The number of nitriles is 1. The van der Waals surface area contributed by atoms with Crippen molar-refractivity contribution in [1.82, 2.24) is 0 Å². The molecule has 0 atom stereocenters. The Morgan fingerprint density at radius 3 is 2.46 bits per heavy atom. The van der Waals surface area contributed by atoms with Crippen LogP contribution in [0, 0.1) is 25.2 Å². The summed E-state index contributed by atoms with van der Waals surface area (Å²) in [6.07, 6.45) is 1.47. The fraction of sp³-hybridized carbons (Fsp3) is 0.148. The Bertz CT molecular complexity index is 1310. The van der Waals surface area contributed by atoms with Gasteiger partial charge in [-0.15, -0.1) is 0 Å².